The van der Waals surface area contributed by atoms with E-state index in [-0.39, 0.29) is 5.91 Å². The minimum absolute atomic E-state index is 0.184. The van der Waals surface area contributed by atoms with Gasteiger partial charge in [0.25, 0.3) is 0 Å². The zero-order chi connectivity index (χ0) is 13.8. The molecule has 1 saturated heterocycles. The predicted molar refractivity (Wildman–Crippen MR) is 86.6 cm³/mol. The number of thioether (sulfide) groups is 1. The van der Waals surface area contributed by atoms with Gasteiger partial charge in [-0.2, -0.15) is 0 Å². The Balaban J connectivity index is 1.74. The number of thiophene rings is 1. The van der Waals surface area contributed by atoms with Gasteiger partial charge >= 0.3 is 0 Å². The van der Waals surface area contributed by atoms with Crippen molar-refractivity contribution in [2.24, 2.45) is 0 Å². The van der Waals surface area contributed by atoms with E-state index in [0.29, 0.717) is 6.42 Å². The maximum atomic E-state index is 12.4. The summed E-state index contributed by atoms with van der Waals surface area (Å²) in [6.07, 6.45) is 2.59. The summed E-state index contributed by atoms with van der Waals surface area (Å²) in [5, 5.41) is 3.13. The zero-order valence-electron chi connectivity index (χ0n) is 11.0. The number of carbonyl (C=O) groups is 1. The number of carbonyl (C=O) groups excluding carboxylic acids is 1. The minimum atomic E-state index is 0.184. The molecule has 0 unspecified atom stereocenters. The van der Waals surface area contributed by atoms with Gasteiger partial charge in [-0.1, -0.05) is 36.4 Å². The van der Waals surface area contributed by atoms with Gasteiger partial charge in [-0.05, 0) is 23.1 Å². The largest absolute Gasteiger partial charge is 0.306 e. The molecule has 1 aromatic heterocycles. The number of hydrogen-bond acceptors (Lipinski definition) is 3. The molecule has 0 saturated carbocycles. The van der Waals surface area contributed by atoms with Crippen LogP contribution in [0.1, 0.15) is 10.4 Å². The number of nitrogens with zero attached hydrogens (tertiary/aromatic N) is 1. The third-order valence-corrected chi connectivity index (χ3v) is 4.98. The summed E-state index contributed by atoms with van der Waals surface area (Å²) in [7, 11) is 0. The van der Waals surface area contributed by atoms with Crippen LogP contribution in [-0.4, -0.2) is 23.1 Å². The summed E-state index contributed by atoms with van der Waals surface area (Å²) >= 11 is 3.46. The van der Waals surface area contributed by atoms with E-state index in [1.54, 1.807) is 23.1 Å². The molecule has 0 aliphatic carbocycles. The molecule has 20 heavy (non-hydrogen) atoms. The number of rotatable bonds is 3. The van der Waals surface area contributed by atoms with E-state index in [1.807, 2.05) is 41.3 Å². The highest BCUT2D eigenvalue weighted by atomic mass is 32.2. The van der Waals surface area contributed by atoms with Crippen molar-refractivity contribution in [2.75, 3.05) is 12.3 Å². The lowest BCUT2D eigenvalue weighted by Gasteiger charge is -2.16. The van der Waals surface area contributed by atoms with Crippen LogP contribution in [0.5, 0.6) is 0 Å². The zero-order valence-corrected chi connectivity index (χ0v) is 12.6. The van der Waals surface area contributed by atoms with E-state index in [2.05, 4.69) is 17.5 Å². The van der Waals surface area contributed by atoms with Gasteiger partial charge < -0.3 is 4.90 Å². The first kappa shape index (κ1) is 13.5. The molecule has 1 aliphatic rings. The topological polar surface area (TPSA) is 20.3 Å². The van der Waals surface area contributed by atoms with Crippen LogP contribution in [0, 0.1) is 0 Å². The first-order valence-corrected chi connectivity index (χ1v) is 8.42. The molecule has 2 nitrogen and oxygen atoms in total. The predicted octanol–water partition coefficient (Wildman–Crippen LogP) is 3.86. The highest BCUT2D eigenvalue weighted by molar-refractivity contribution is 8.03. The molecule has 2 aromatic rings. The first-order valence-electron chi connectivity index (χ1n) is 6.55. The van der Waals surface area contributed by atoms with E-state index in [1.165, 1.54) is 4.88 Å². The average Bonchev–Trinajstić information content (AvgIpc) is 3.12. The number of benzene rings is 1. The van der Waals surface area contributed by atoms with E-state index >= 15 is 0 Å². The molecule has 1 fully saturated rings. The van der Waals surface area contributed by atoms with Crippen molar-refractivity contribution in [3.63, 3.8) is 0 Å². The van der Waals surface area contributed by atoms with Gasteiger partial charge in [-0.15, -0.1) is 23.1 Å². The third kappa shape index (κ3) is 3.14. The average molecular weight is 301 g/mol. The first-order chi connectivity index (χ1) is 9.83. The van der Waals surface area contributed by atoms with Gasteiger partial charge in [0.2, 0.25) is 5.91 Å². The standard InChI is InChI=1S/C16H15NOS2/c18-15(11-13-5-2-1-3-6-13)17-8-10-20-16(17)12-14-7-4-9-19-14/h1-7,9,12H,8,10-11H2/b16-12+. The van der Waals surface area contributed by atoms with Gasteiger partial charge in [-0.25, -0.2) is 0 Å². The highest BCUT2D eigenvalue weighted by Gasteiger charge is 2.24. The Morgan fingerprint density at radius 2 is 2.05 bits per heavy atom. The van der Waals surface area contributed by atoms with Crippen molar-refractivity contribution in [3.05, 3.63) is 63.3 Å². The van der Waals surface area contributed by atoms with Crippen LogP contribution in [0.4, 0.5) is 0 Å². The molecular formula is C16H15NOS2. The van der Waals surface area contributed by atoms with Crippen LogP contribution in [0.25, 0.3) is 6.08 Å². The van der Waals surface area contributed by atoms with Gasteiger partial charge in [0.1, 0.15) is 0 Å². The van der Waals surface area contributed by atoms with Crippen LogP contribution in [0.3, 0.4) is 0 Å². The minimum Gasteiger partial charge on any atom is -0.306 e. The SMILES string of the molecule is O=C(Cc1ccccc1)N1CCS/C1=C/c1cccs1. The van der Waals surface area contributed by atoms with Gasteiger partial charge in [0.15, 0.2) is 0 Å². The summed E-state index contributed by atoms with van der Waals surface area (Å²) in [6, 6.07) is 14.0. The number of amides is 1. The third-order valence-electron chi connectivity index (χ3n) is 3.14. The summed E-state index contributed by atoms with van der Waals surface area (Å²) < 4.78 is 0. The van der Waals surface area contributed by atoms with Crippen molar-refractivity contribution in [1.29, 1.82) is 0 Å². The Labute approximate surface area is 127 Å². The Kier molecular flexibility index (Phi) is 4.23. The molecule has 102 valence electrons. The van der Waals surface area contributed by atoms with E-state index < -0.39 is 0 Å². The summed E-state index contributed by atoms with van der Waals surface area (Å²) in [4.78, 5) is 15.5. The van der Waals surface area contributed by atoms with E-state index in [0.717, 1.165) is 22.9 Å². The molecule has 4 heteroatoms. The molecule has 2 heterocycles. The van der Waals surface area contributed by atoms with Gasteiger partial charge in [0, 0.05) is 17.2 Å². The maximum absolute atomic E-state index is 12.4. The Morgan fingerprint density at radius 3 is 2.80 bits per heavy atom. The second kappa shape index (κ2) is 6.29. The molecule has 0 N–H and O–H groups in total. The molecular weight excluding hydrogens is 286 g/mol. The fraction of sp³-hybridized carbons (Fsp3) is 0.188. The summed E-state index contributed by atoms with van der Waals surface area (Å²) in [5.74, 6) is 1.17. The summed E-state index contributed by atoms with van der Waals surface area (Å²) in [5.41, 5.74) is 1.07. The fourth-order valence-electron chi connectivity index (χ4n) is 2.16. The van der Waals surface area contributed by atoms with Crippen LogP contribution < -0.4 is 0 Å². The molecule has 0 radical (unpaired) electrons. The lowest BCUT2D eigenvalue weighted by Crippen LogP contribution is -2.28. The molecule has 1 amide bonds. The normalized spacial score (nSPS) is 16.8. The summed E-state index contributed by atoms with van der Waals surface area (Å²) in [6.45, 7) is 0.813. The van der Waals surface area contributed by atoms with Crippen molar-refractivity contribution >= 4 is 35.1 Å². The van der Waals surface area contributed by atoms with Gasteiger partial charge in [-0.3, -0.25) is 4.79 Å². The lowest BCUT2D eigenvalue weighted by molar-refractivity contribution is -0.127. The van der Waals surface area contributed by atoms with Crippen LogP contribution >= 0.6 is 23.1 Å². The van der Waals surface area contributed by atoms with E-state index in [4.69, 9.17) is 0 Å². The Hall–Kier alpha value is -1.52. The van der Waals surface area contributed by atoms with Crippen LogP contribution in [-0.2, 0) is 11.2 Å². The van der Waals surface area contributed by atoms with Crippen molar-refractivity contribution in [2.45, 2.75) is 6.42 Å². The molecule has 1 aliphatic heterocycles. The molecule has 1 aromatic carbocycles. The Bertz CT molecular complexity index is 605. The van der Waals surface area contributed by atoms with E-state index in [9.17, 15) is 4.79 Å². The molecule has 0 atom stereocenters. The second-order valence-electron chi connectivity index (χ2n) is 4.55. The maximum Gasteiger partial charge on any atom is 0.231 e. The van der Waals surface area contributed by atoms with Crippen LogP contribution in [0.15, 0.2) is 52.9 Å². The molecule has 0 bridgehead atoms. The van der Waals surface area contributed by atoms with Crippen molar-refractivity contribution in [3.8, 4) is 0 Å². The quantitative estimate of drug-likeness (QED) is 0.858. The van der Waals surface area contributed by atoms with Gasteiger partial charge in [0.05, 0.1) is 11.4 Å². The van der Waals surface area contributed by atoms with Crippen LogP contribution in [0.2, 0.25) is 0 Å². The highest BCUT2D eigenvalue weighted by Crippen LogP contribution is 2.31. The smallest absolute Gasteiger partial charge is 0.231 e. The monoisotopic (exact) mass is 301 g/mol. The fourth-order valence-corrected chi connectivity index (χ4v) is 3.93. The molecule has 3 rings (SSSR count). The lowest BCUT2D eigenvalue weighted by atomic mass is 10.1. The Morgan fingerprint density at radius 1 is 1.20 bits per heavy atom. The van der Waals surface area contributed by atoms with Crippen molar-refractivity contribution in [1.82, 2.24) is 4.90 Å². The number of hydrogen-bond donors (Lipinski definition) is 0. The molecule has 0 spiro atoms. The van der Waals surface area contributed by atoms with Crippen molar-refractivity contribution < 1.29 is 4.79 Å². The second-order valence-corrected chi connectivity index (χ2v) is 6.65.